The minimum atomic E-state index is 0.186. The minimum absolute atomic E-state index is 0.186. The van der Waals surface area contributed by atoms with Crippen molar-refractivity contribution in [2.45, 2.75) is 31.7 Å². The van der Waals surface area contributed by atoms with E-state index >= 15 is 0 Å². The SMILES string of the molecule is CN(CCOCC1CC1)C(=O)CN1CCC(N)CC1. The number of hydrogen-bond donors (Lipinski definition) is 1. The second-order valence-electron chi connectivity index (χ2n) is 5.95. The van der Waals surface area contributed by atoms with Gasteiger partial charge in [0.2, 0.25) is 5.91 Å². The van der Waals surface area contributed by atoms with Crippen LogP contribution in [0, 0.1) is 5.92 Å². The number of carbonyl (C=O) groups excluding carboxylic acids is 1. The Morgan fingerprint density at radius 3 is 2.63 bits per heavy atom. The van der Waals surface area contributed by atoms with Crippen molar-refractivity contribution >= 4 is 5.91 Å². The van der Waals surface area contributed by atoms with E-state index < -0.39 is 0 Å². The second-order valence-corrected chi connectivity index (χ2v) is 5.95. The molecule has 0 bridgehead atoms. The molecule has 1 aliphatic carbocycles. The zero-order chi connectivity index (χ0) is 13.7. The van der Waals surface area contributed by atoms with Gasteiger partial charge in [-0.1, -0.05) is 0 Å². The van der Waals surface area contributed by atoms with Crippen molar-refractivity contribution in [3.05, 3.63) is 0 Å². The first-order valence-corrected chi connectivity index (χ1v) is 7.45. The summed E-state index contributed by atoms with van der Waals surface area (Å²) in [6.07, 6.45) is 4.63. The number of nitrogens with zero attached hydrogens (tertiary/aromatic N) is 2. The van der Waals surface area contributed by atoms with Crippen molar-refractivity contribution in [3.8, 4) is 0 Å². The quantitative estimate of drug-likeness (QED) is 0.675. The molecule has 110 valence electrons. The number of likely N-dealkylation sites (N-methyl/N-ethyl adjacent to an activating group) is 1. The number of ether oxygens (including phenoxy) is 1. The van der Waals surface area contributed by atoms with E-state index in [0.29, 0.717) is 25.7 Å². The van der Waals surface area contributed by atoms with Crippen LogP contribution in [0.3, 0.4) is 0 Å². The lowest BCUT2D eigenvalue weighted by Crippen LogP contribution is -2.45. The first-order valence-electron chi connectivity index (χ1n) is 7.45. The van der Waals surface area contributed by atoms with E-state index in [9.17, 15) is 4.79 Å². The summed E-state index contributed by atoms with van der Waals surface area (Å²) in [7, 11) is 1.86. The highest BCUT2D eigenvalue weighted by Crippen LogP contribution is 2.28. The van der Waals surface area contributed by atoms with Gasteiger partial charge in [0.25, 0.3) is 0 Å². The second kappa shape index (κ2) is 7.22. The van der Waals surface area contributed by atoms with Crippen molar-refractivity contribution < 1.29 is 9.53 Å². The van der Waals surface area contributed by atoms with Crippen molar-refractivity contribution in [2.24, 2.45) is 11.7 Å². The van der Waals surface area contributed by atoms with E-state index in [2.05, 4.69) is 4.90 Å². The summed E-state index contributed by atoms with van der Waals surface area (Å²) in [4.78, 5) is 16.0. The Morgan fingerprint density at radius 1 is 1.32 bits per heavy atom. The Labute approximate surface area is 116 Å². The van der Waals surface area contributed by atoms with Crippen molar-refractivity contribution in [2.75, 3.05) is 46.4 Å². The number of piperidine rings is 1. The third kappa shape index (κ3) is 5.47. The van der Waals surface area contributed by atoms with Crippen LogP contribution in [0.4, 0.5) is 0 Å². The summed E-state index contributed by atoms with van der Waals surface area (Å²) in [6, 6.07) is 0.319. The molecule has 2 rings (SSSR count). The molecule has 2 fully saturated rings. The van der Waals surface area contributed by atoms with Gasteiger partial charge < -0.3 is 15.4 Å². The van der Waals surface area contributed by atoms with Crippen molar-refractivity contribution in [1.82, 2.24) is 9.80 Å². The molecule has 2 N–H and O–H groups in total. The number of nitrogens with two attached hydrogens (primary N) is 1. The van der Waals surface area contributed by atoms with E-state index in [-0.39, 0.29) is 5.91 Å². The van der Waals surface area contributed by atoms with Crippen LogP contribution >= 0.6 is 0 Å². The summed E-state index contributed by atoms with van der Waals surface area (Å²) in [5, 5.41) is 0. The number of carbonyl (C=O) groups is 1. The minimum Gasteiger partial charge on any atom is -0.379 e. The topological polar surface area (TPSA) is 58.8 Å². The van der Waals surface area contributed by atoms with Crippen LogP contribution in [-0.2, 0) is 9.53 Å². The van der Waals surface area contributed by atoms with Gasteiger partial charge >= 0.3 is 0 Å². The van der Waals surface area contributed by atoms with Gasteiger partial charge in [-0.05, 0) is 31.6 Å². The van der Waals surface area contributed by atoms with Crippen LogP contribution in [-0.4, -0.2) is 68.2 Å². The highest BCUT2D eigenvalue weighted by atomic mass is 16.5. The Bertz CT molecular complexity index is 286. The standard InChI is InChI=1S/C14H27N3O2/c1-16(8-9-19-11-12-2-3-12)14(18)10-17-6-4-13(15)5-7-17/h12-13H,2-11,15H2,1H3. The molecule has 5 heteroatoms. The monoisotopic (exact) mass is 269 g/mol. The molecule has 0 aromatic heterocycles. The molecule has 1 heterocycles. The largest absolute Gasteiger partial charge is 0.379 e. The lowest BCUT2D eigenvalue weighted by atomic mass is 10.1. The normalized spacial score (nSPS) is 21.6. The van der Waals surface area contributed by atoms with Gasteiger partial charge in [0.1, 0.15) is 0 Å². The maximum Gasteiger partial charge on any atom is 0.236 e. The van der Waals surface area contributed by atoms with Crippen molar-refractivity contribution in [1.29, 1.82) is 0 Å². The summed E-state index contributed by atoms with van der Waals surface area (Å²) in [5.74, 6) is 0.976. The smallest absolute Gasteiger partial charge is 0.236 e. The molecule has 0 aromatic carbocycles. The highest BCUT2D eigenvalue weighted by Gasteiger charge is 2.22. The first-order chi connectivity index (χ1) is 9.15. The molecule has 2 aliphatic rings. The predicted octanol–water partition coefficient (Wildman–Crippen LogP) is 0.295. The average Bonchev–Trinajstić information content (AvgIpc) is 3.21. The maximum absolute atomic E-state index is 12.0. The van der Waals surface area contributed by atoms with Crippen LogP contribution in [0.15, 0.2) is 0 Å². The Balaban J connectivity index is 1.55. The molecule has 0 atom stereocenters. The van der Waals surface area contributed by atoms with Crippen LogP contribution in [0.5, 0.6) is 0 Å². The third-order valence-corrected chi connectivity index (χ3v) is 4.04. The molecule has 1 amide bonds. The summed E-state index contributed by atoms with van der Waals surface area (Å²) in [5.41, 5.74) is 5.86. The van der Waals surface area contributed by atoms with E-state index in [0.717, 1.165) is 38.5 Å². The Kier molecular flexibility index (Phi) is 5.60. The summed E-state index contributed by atoms with van der Waals surface area (Å²) < 4.78 is 5.56. The van der Waals surface area contributed by atoms with Gasteiger partial charge in [0.15, 0.2) is 0 Å². The average molecular weight is 269 g/mol. The zero-order valence-corrected chi connectivity index (χ0v) is 12.0. The van der Waals surface area contributed by atoms with Gasteiger partial charge in [-0.2, -0.15) is 0 Å². The fraction of sp³-hybridized carbons (Fsp3) is 0.929. The van der Waals surface area contributed by atoms with E-state index in [1.807, 2.05) is 7.05 Å². The van der Waals surface area contributed by atoms with Gasteiger partial charge in [-0.15, -0.1) is 0 Å². The fourth-order valence-corrected chi connectivity index (χ4v) is 2.28. The number of amides is 1. The lowest BCUT2D eigenvalue weighted by Gasteiger charge is -2.30. The van der Waals surface area contributed by atoms with E-state index in [1.54, 1.807) is 4.90 Å². The van der Waals surface area contributed by atoms with Crippen LogP contribution < -0.4 is 5.73 Å². The molecular formula is C14H27N3O2. The summed E-state index contributed by atoms with van der Waals surface area (Å²) >= 11 is 0. The van der Waals surface area contributed by atoms with Gasteiger partial charge in [0, 0.05) is 39.3 Å². The molecule has 0 spiro atoms. The molecule has 0 radical (unpaired) electrons. The highest BCUT2D eigenvalue weighted by molar-refractivity contribution is 5.77. The summed E-state index contributed by atoms with van der Waals surface area (Å²) in [6.45, 7) is 4.62. The van der Waals surface area contributed by atoms with Gasteiger partial charge in [-0.3, -0.25) is 9.69 Å². The van der Waals surface area contributed by atoms with Crippen LogP contribution in [0.2, 0.25) is 0 Å². The molecule has 0 unspecified atom stereocenters. The van der Waals surface area contributed by atoms with E-state index in [1.165, 1.54) is 12.8 Å². The predicted molar refractivity (Wildman–Crippen MR) is 74.8 cm³/mol. The van der Waals surface area contributed by atoms with Crippen LogP contribution in [0.1, 0.15) is 25.7 Å². The number of likely N-dealkylation sites (tertiary alicyclic amines) is 1. The maximum atomic E-state index is 12.0. The fourth-order valence-electron chi connectivity index (χ4n) is 2.28. The number of rotatable bonds is 7. The van der Waals surface area contributed by atoms with Crippen LogP contribution in [0.25, 0.3) is 0 Å². The molecule has 1 aliphatic heterocycles. The molecular weight excluding hydrogens is 242 g/mol. The molecule has 5 nitrogen and oxygen atoms in total. The zero-order valence-electron chi connectivity index (χ0n) is 12.0. The van der Waals surface area contributed by atoms with Crippen molar-refractivity contribution in [3.63, 3.8) is 0 Å². The molecule has 1 saturated heterocycles. The Morgan fingerprint density at radius 2 is 2.00 bits per heavy atom. The van der Waals surface area contributed by atoms with Gasteiger partial charge in [-0.25, -0.2) is 0 Å². The molecule has 19 heavy (non-hydrogen) atoms. The molecule has 1 saturated carbocycles. The third-order valence-electron chi connectivity index (χ3n) is 4.04. The first kappa shape index (κ1) is 14.8. The van der Waals surface area contributed by atoms with Gasteiger partial charge in [0.05, 0.1) is 13.2 Å². The number of hydrogen-bond acceptors (Lipinski definition) is 4. The lowest BCUT2D eigenvalue weighted by molar-refractivity contribution is -0.132. The molecule has 0 aromatic rings. The Hall–Kier alpha value is -0.650. The van der Waals surface area contributed by atoms with E-state index in [4.69, 9.17) is 10.5 Å².